The van der Waals surface area contributed by atoms with Gasteiger partial charge in [-0.25, -0.2) is 34.4 Å². The van der Waals surface area contributed by atoms with Crippen molar-refractivity contribution in [2.75, 3.05) is 39.3 Å². The molecule has 1 atom stereocenters. The number of ether oxygens (including phenoxy) is 2. The van der Waals surface area contributed by atoms with Gasteiger partial charge in [0.1, 0.15) is 40.9 Å². The lowest BCUT2D eigenvalue weighted by atomic mass is 9.97. The molecule has 2 N–H and O–H groups in total. The molecule has 1 fully saturated rings. The normalized spacial score (nSPS) is 15.6. The van der Waals surface area contributed by atoms with Crippen molar-refractivity contribution in [2.24, 2.45) is 0 Å². The quantitative estimate of drug-likeness (QED) is 0.0818. The Bertz CT molecular complexity index is 3380. The van der Waals surface area contributed by atoms with Crippen LogP contribution in [-0.2, 0) is 42.0 Å². The van der Waals surface area contributed by atoms with Crippen LogP contribution in [0.1, 0.15) is 40.3 Å². The molecule has 0 spiro atoms. The van der Waals surface area contributed by atoms with Gasteiger partial charge in [-0.15, -0.1) is 11.3 Å². The molecule has 374 valence electrons. The van der Waals surface area contributed by atoms with Crippen molar-refractivity contribution in [2.45, 2.75) is 51.9 Å². The number of para-hydroxylation sites is 1. The number of hydrogen-bond donors (Lipinski definition) is 2. The standard InChI is InChI=1S/C53H47ClFN7O10S/c1-31-42(71-53(65)69-31)15-13-41(63)45-27-36-24-32(6-14-43(36)68-29-38-16-17-56-50(59-38)39-4-2-3-5-44(39)72-67)25-46(64)61(21-18-60-19-22-62(66)23-20-60)28-35-8-7-34(26-40(35)54)47-48-51(70-45)57-30-58-52(48)73-49(47)33-9-11-37(55)12-10-33/h2-12,14,16-17,24,26,30,45,66-67H,13,15,18-23,25,27-29H2,1H3/t45-/m0/s1. The molecular formula is C53H47ClFN7O10S. The summed E-state index contributed by atoms with van der Waals surface area (Å²) in [6.07, 6.45) is 1.49. The number of halogens is 2. The van der Waals surface area contributed by atoms with Crippen molar-refractivity contribution in [3.63, 3.8) is 0 Å². The van der Waals surface area contributed by atoms with Crippen LogP contribution in [0.5, 0.6) is 17.4 Å². The van der Waals surface area contributed by atoms with Gasteiger partial charge in [0.05, 0.1) is 23.1 Å². The summed E-state index contributed by atoms with van der Waals surface area (Å²) in [6.45, 7) is 4.90. The highest BCUT2D eigenvalue weighted by molar-refractivity contribution is 7.22. The zero-order valence-corrected chi connectivity index (χ0v) is 40.9. The summed E-state index contributed by atoms with van der Waals surface area (Å²) in [4.78, 5) is 69.7. The van der Waals surface area contributed by atoms with E-state index in [1.54, 1.807) is 72.6 Å². The second kappa shape index (κ2) is 21.8. The summed E-state index contributed by atoms with van der Waals surface area (Å²) in [5.74, 6) is -0.439. The van der Waals surface area contributed by atoms with E-state index in [1.807, 2.05) is 24.3 Å². The fourth-order valence-electron chi connectivity index (χ4n) is 9.00. The Morgan fingerprint density at radius 2 is 1.71 bits per heavy atom. The summed E-state index contributed by atoms with van der Waals surface area (Å²) in [5, 5.41) is 21.8. The van der Waals surface area contributed by atoms with Crippen LogP contribution in [0.3, 0.4) is 0 Å². The van der Waals surface area contributed by atoms with E-state index in [2.05, 4.69) is 29.7 Å². The first-order valence-electron chi connectivity index (χ1n) is 23.5. The number of aromatic nitrogens is 4. The van der Waals surface area contributed by atoms with E-state index in [0.29, 0.717) is 105 Å². The number of piperazine rings is 1. The van der Waals surface area contributed by atoms with Crippen LogP contribution in [0.25, 0.3) is 43.2 Å². The molecule has 7 heterocycles. The molecule has 3 aliphatic heterocycles. The summed E-state index contributed by atoms with van der Waals surface area (Å²) in [7, 11) is 0. The number of ketones is 1. The number of fused-ring (bicyclic) bond motifs is 7. The fourth-order valence-corrected chi connectivity index (χ4v) is 10.4. The average Bonchev–Trinajstić information content (AvgIpc) is 3.96. The van der Waals surface area contributed by atoms with Crippen LogP contribution in [0, 0.1) is 12.7 Å². The maximum atomic E-state index is 14.8. The number of hydrogen-bond acceptors (Lipinski definition) is 17. The number of amides is 1. The Labute approximate surface area is 425 Å². The van der Waals surface area contributed by atoms with Crippen molar-refractivity contribution in [1.29, 1.82) is 0 Å². The lowest BCUT2D eigenvalue weighted by Gasteiger charge is -2.33. The Morgan fingerprint density at radius 3 is 2.49 bits per heavy atom. The number of carbonyl (C=O) groups excluding carboxylic acids is 2. The second-order valence-corrected chi connectivity index (χ2v) is 19.1. The molecule has 0 unspecified atom stereocenters. The van der Waals surface area contributed by atoms with E-state index in [0.717, 1.165) is 4.88 Å². The average molecular weight is 1030 g/mol. The predicted octanol–water partition coefficient (Wildman–Crippen LogP) is 8.64. The molecule has 0 saturated carbocycles. The third-order valence-corrected chi connectivity index (χ3v) is 14.4. The van der Waals surface area contributed by atoms with Gasteiger partial charge in [0.15, 0.2) is 23.5 Å². The number of aryl methyl sites for hydroxylation is 2. The second-order valence-electron chi connectivity index (χ2n) is 17.7. The molecule has 17 nitrogen and oxygen atoms in total. The van der Waals surface area contributed by atoms with E-state index in [-0.39, 0.29) is 79.5 Å². The third kappa shape index (κ3) is 11.2. The molecular weight excluding hydrogens is 981 g/mol. The molecule has 20 heteroatoms. The van der Waals surface area contributed by atoms with Crippen LogP contribution in [0.2, 0.25) is 5.02 Å². The predicted molar refractivity (Wildman–Crippen MR) is 267 cm³/mol. The fraction of sp³-hybridized carbons (Fsp3) is 0.264. The first-order valence-corrected chi connectivity index (χ1v) is 24.7. The largest absolute Gasteiger partial charge is 0.519 e. The van der Waals surface area contributed by atoms with E-state index >= 15 is 0 Å². The molecule has 4 bridgehead atoms. The molecule has 11 rings (SSSR count). The van der Waals surface area contributed by atoms with Crippen LogP contribution in [0.4, 0.5) is 4.39 Å². The van der Waals surface area contributed by atoms with Gasteiger partial charge >= 0.3 is 5.82 Å². The Morgan fingerprint density at radius 1 is 0.904 bits per heavy atom. The molecule has 3 aliphatic rings. The Balaban J connectivity index is 1.08. The van der Waals surface area contributed by atoms with Crippen molar-refractivity contribution < 1.29 is 47.6 Å². The minimum atomic E-state index is -1.24. The number of hydroxylamine groups is 2. The van der Waals surface area contributed by atoms with Gasteiger partial charge in [0.2, 0.25) is 11.8 Å². The van der Waals surface area contributed by atoms with Gasteiger partial charge in [0, 0.05) is 86.7 Å². The molecule has 73 heavy (non-hydrogen) atoms. The topological polar surface area (TPSA) is 207 Å². The monoisotopic (exact) mass is 1030 g/mol. The molecule has 4 aromatic carbocycles. The van der Waals surface area contributed by atoms with Crippen molar-refractivity contribution in [3.05, 3.63) is 159 Å². The van der Waals surface area contributed by atoms with Gasteiger partial charge in [-0.2, -0.15) is 5.06 Å². The van der Waals surface area contributed by atoms with Crippen LogP contribution in [-0.4, -0.2) is 102 Å². The van der Waals surface area contributed by atoms with Crippen molar-refractivity contribution >= 4 is 44.8 Å². The first-order chi connectivity index (χ1) is 35.5. The number of rotatable bonds is 13. The first kappa shape index (κ1) is 49.2. The van der Waals surface area contributed by atoms with Crippen molar-refractivity contribution in [3.8, 4) is 50.3 Å². The highest BCUT2D eigenvalue weighted by atomic mass is 35.5. The molecule has 1 amide bonds. The highest BCUT2D eigenvalue weighted by Gasteiger charge is 2.30. The lowest BCUT2D eigenvalue weighted by molar-refractivity contribution is -0.137. The molecule has 1 saturated heterocycles. The van der Waals surface area contributed by atoms with Crippen LogP contribution >= 0.6 is 22.9 Å². The van der Waals surface area contributed by atoms with E-state index < -0.39 is 17.7 Å². The minimum absolute atomic E-state index is 0.0160. The van der Waals surface area contributed by atoms with Gasteiger partial charge < -0.3 is 33.3 Å². The maximum absolute atomic E-state index is 14.8. The lowest BCUT2D eigenvalue weighted by Crippen LogP contribution is -2.47. The van der Waals surface area contributed by atoms with Gasteiger partial charge in [-0.1, -0.05) is 60.1 Å². The van der Waals surface area contributed by atoms with E-state index in [1.165, 1.54) is 34.9 Å². The smallest absolute Gasteiger partial charge is 0.487 e. The summed E-state index contributed by atoms with van der Waals surface area (Å²) >= 11 is 8.54. The van der Waals surface area contributed by atoms with E-state index in [4.69, 9.17) is 29.9 Å². The van der Waals surface area contributed by atoms with Crippen LogP contribution < -0.4 is 20.2 Å². The summed E-state index contributed by atoms with van der Waals surface area (Å²) < 4.78 is 38.1. The summed E-state index contributed by atoms with van der Waals surface area (Å²) in [6, 6.07) is 25.5. The molecule has 0 radical (unpaired) electrons. The van der Waals surface area contributed by atoms with Gasteiger partial charge in [-0.3, -0.25) is 14.5 Å². The van der Waals surface area contributed by atoms with Gasteiger partial charge in [0.25, 0.3) is 0 Å². The molecule has 4 aromatic heterocycles. The van der Waals surface area contributed by atoms with Crippen LogP contribution in [0.15, 0.2) is 117 Å². The zero-order valence-electron chi connectivity index (χ0n) is 39.3. The third-order valence-electron chi connectivity index (χ3n) is 12.9. The summed E-state index contributed by atoms with van der Waals surface area (Å²) in [5.41, 5.74) is 4.81. The minimum Gasteiger partial charge on any atom is -0.487 e. The molecule has 0 aliphatic carbocycles. The Kier molecular flexibility index (Phi) is 14.7. The maximum Gasteiger partial charge on any atom is 0.519 e. The number of nitrogens with zero attached hydrogens (tertiary/aromatic N) is 7. The van der Waals surface area contributed by atoms with Crippen molar-refractivity contribution in [1.82, 2.24) is 34.8 Å². The number of carbonyl (C=O) groups is 2. The number of Topliss-reactive ketones (excluding diaryl/α,β-unsaturated/α-hetero) is 1. The number of benzene rings is 4. The van der Waals surface area contributed by atoms with Gasteiger partial charge in [-0.05, 0) is 77.2 Å². The number of thiophene rings is 1. The highest BCUT2D eigenvalue weighted by Crippen LogP contribution is 2.48. The van der Waals surface area contributed by atoms with E-state index in [9.17, 15) is 29.2 Å². The SMILES string of the molecule is Cc1oc(=O)oc1CCC(=O)[C@@H]1Cc2cc(ccc2OCc2ccnc(-c3ccccc3OO)n2)CC(=O)N(CCN2CCN(O)CC2)Cc2ccc(cc2Cl)-c2c(-c3ccc(F)cc3)sc3ncnc(c23)O1. The molecule has 8 aromatic rings. The zero-order chi connectivity index (χ0) is 50.6. The Hall–Kier alpha value is -7.39.